The first-order chi connectivity index (χ1) is 8.81. The zero-order chi connectivity index (χ0) is 12.8. The standard InChI is InChI=1S/C15H23NO2/c1-12-5-3-4-6-14(12)15(16-2)11-18-10-13-7-8-17-9-13/h3-6,13,15-16H,7-11H2,1-2H3. The molecule has 0 saturated carbocycles. The molecule has 3 nitrogen and oxygen atoms in total. The Hall–Kier alpha value is -0.900. The zero-order valence-corrected chi connectivity index (χ0v) is 11.3. The van der Waals surface area contributed by atoms with Gasteiger partial charge in [0.25, 0.3) is 0 Å². The predicted octanol–water partition coefficient (Wildman–Crippen LogP) is 2.31. The van der Waals surface area contributed by atoms with Gasteiger partial charge in [-0.25, -0.2) is 0 Å². The van der Waals surface area contributed by atoms with Crippen molar-refractivity contribution in [1.82, 2.24) is 5.32 Å². The predicted molar refractivity (Wildman–Crippen MR) is 72.7 cm³/mol. The molecule has 0 radical (unpaired) electrons. The highest BCUT2D eigenvalue weighted by Gasteiger charge is 2.17. The Labute approximate surface area is 109 Å². The van der Waals surface area contributed by atoms with Crippen molar-refractivity contribution in [2.75, 3.05) is 33.5 Å². The highest BCUT2D eigenvalue weighted by molar-refractivity contribution is 5.28. The third-order valence-electron chi connectivity index (χ3n) is 3.57. The molecule has 1 aliphatic heterocycles. The second-order valence-corrected chi connectivity index (χ2v) is 4.96. The molecule has 0 amide bonds. The van der Waals surface area contributed by atoms with Gasteiger partial charge in [-0.05, 0) is 31.5 Å². The zero-order valence-electron chi connectivity index (χ0n) is 11.3. The lowest BCUT2D eigenvalue weighted by molar-refractivity contribution is 0.0757. The van der Waals surface area contributed by atoms with E-state index in [-0.39, 0.29) is 6.04 Å². The van der Waals surface area contributed by atoms with E-state index in [0.29, 0.717) is 5.92 Å². The number of hydrogen-bond acceptors (Lipinski definition) is 3. The summed E-state index contributed by atoms with van der Waals surface area (Å²) in [4.78, 5) is 0. The maximum atomic E-state index is 5.84. The largest absolute Gasteiger partial charge is 0.381 e. The van der Waals surface area contributed by atoms with Crippen molar-refractivity contribution < 1.29 is 9.47 Å². The molecule has 0 bridgehead atoms. The molecule has 2 rings (SSSR count). The van der Waals surface area contributed by atoms with Crippen molar-refractivity contribution in [2.45, 2.75) is 19.4 Å². The molecule has 0 spiro atoms. The van der Waals surface area contributed by atoms with E-state index in [4.69, 9.17) is 9.47 Å². The van der Waals surface area contributed by atoms with E-state index in [1.165, 1.54) is 11.1 Å². The van der Waals surface area contributed by atoms with E-state index >= 15 is 0 Å². The van der Waals surface area contributed by atoms with Gasteiger partial charge in [-0.1, -0.05) is 24.3 Å². The molecule has 1 aromatic carbocycles. The molecule has 18 heavy (non-hydrogen) atoms. The molecule has 1 saturated heterocycles. The van der Waals surface area contributed by atoms with Crippen molar-refractivity contribution in [1.29, 1.82) is 0 Å². The van der Waals surface area contributed by atoms with Crippen LogP contribution >= 0.6 is 0 Å². The maximum absolute atomic E-state index is 5.84. The van der Waals surface area contributed by atoms with Crippen molar-refractivity contribution in [2.24, 2.45) is 5.92 Å². The van der Waals surface area contributed by atoms with Gasteiger partial charge in [0, 0.05) is 12.5 Å². The average Bonchev–Trinajstić information content (AvgIpc) is 2.89. The summed E-state index contributed by atoms with van der Waals surface area (Å²) in [5, 5.41) is 3.33. The maximum Gasteiger partial charge on any atom is 0.0661 e. The summed E-state index contributed by atoms with van der Waals surface area (Å²) in [7, 11) is 1.99. The fourth-order valence-corrected chi connectivity index (χ4v) is 2.37. The smallest absolute Gasteiger partial charge is 0.0661 e. The summed E-state index contributed by atoms with van der Waals surface area (Å²) >= 11 is 0. The molecular weight excluding hydrogens is 226 g/mol. The number of ether oxygens (including phenoxy) is 2. The van der Waals surface area contributed by atoms with Crippen molar-refractivity contribution in [3.05, 3.63) is 35.4 Å². The molecule has 1 heterocycles. The molecule has 3 heteroatoms. The van der Waals surface area contributed by atoms with Crippen LogP contribution in [0.15, 0.2) is 24.3 Å². The lowest BCUT2D eigenvalue weighted by atomic mass is 10.0. The Kier molecular flexibility index (Phi) is 5.17. The highest BCUT2D eigenvalue weighted by Crippen LogP contribution is 2.18. The van der Waals surface area contributed by atoms with E-state index in [9.17, 15) is 0 Å². The summed E-state index contributed by atoms with van der Waals surface area (Å²) in [5.74, 6) is 0.583. The third kappa shape index (κ3) is 3.55. The van der Waals surface area contributed by atoms with Crippen LogP contribution in [0.1, 0.15) is 23.6 Å². The Balaban J connectivity index is 1.83. The Morgan fingerprint density at radius 2 is 2.28 bits per heavy atom. The Bertz CT molecular complexity index is 361. The minimum Gasteiger partial charge on any atom is -0.381 e. The normalized spacial score (nSPS) is 21.1. The first kappa shape index (κ1) is 13.5. The molecule has 1 aromatic rings. The molecule has 1 N–H and O–H groups in total. The fourth-order valence-electron chi connectivity index (χ4n) is 2.37. The van der Waals surface area contributed by atoms with Gasteiger partial charge in [-0.3, -0.25) is 0 Å². The lowest BCUT2D eigenvalue weighted by Gasteiger charge is -2.19. The topological polar surface area (TPSA) is 30.5 Å². The van der Waals surface area contributed by atoms with E-state index in [0.717, 1.165) is 32.8 Å². The minimum absolute atomic E-state index is 0.272. The van der Waals surface area contributed by atoms with Crippen LogP contribution in [0.25, 0.3) is 0 Å². The fraction of sp³-hybridized carbons (Fsp3) is 0.600. The molecule has 0 aliphatic carbocycles. The molecule has 2 unspecified atom stereocenters. The van der Waals surface area contributed by atoms with E-state index in [2.05, 4.69) is 36.5 Å². The average molecular weight is 249 g/mol. The van der Waals surface area contributed by atoms with E-state index in [1.807, 2.05) is 7.05 Å². The van der Waals surface area contributed by atoms with E-state index in [1.54, 1.807) is 0 Å². The van der Waals surface area contributed by atoms with Crippen LogP contribution < -0.4 is 5.32 Å². The van der Waals surface area contributed by atoms with Crippen molar-refractivity contribution in [3.8, 4) is 0 Å². The Morgan fingerprint density at radius 3 is 2.94 bits per heavy atom. The van der Waals surface area contributed by atoms with Gasteiger partial charge in [-0.15, -0.1) is 0 Å². The number of rotatable bonds is 6. The van der Waals surface area contributed by atoms with Gasteiger partial charge in [0.05, 0.1) is 25.9 Å². The third-order valence-corrected chi connectivity index (χ3v) is 3.57. The summed E-state index contributed by atoms with van der Waals surface area (Å²) < 4.78 is 11.2. The molecular formula is C15H23NO2. The van der Waals surface area contributed by atoms with Crippen LogP contribution in [-0.2, 0) is 9.47 Å². The lowest BCUT2D eigenvalue weighted by Crippen LogP contribution is -2.24. The van der Waals surface area contributed by atoms with Crippen LogP contribution in [0.3, 0.4) is 0 Å². The Morgan fingerprint density at radius 1 is 1.44 bits per heavy atom. The number of benzene rings is 1. The number of likely N-dealkylation sites (N-methyl/N-ethyl adjacent to an activating group) is 1. The monoisotopic (exact) mass is 249 g/mol. The van der Waals surface area contributed by atoms with Crippen LogP contribution in [0.2, 0.25) is 0 Å². The second-order valence-electron chi connectivity index (χ2n) is 4.96. The molecule has 0 aromatic heterocycles. The first-order valence-electron chi connectivity index (χ1n) is 6.69. The van der Waals surface area contributed by atoms with Crippen LogP contribution in [-0.4, -0.2) is 33.5 Å². The SMILES string of the molecule is CNC(COCC1CCOC1)c1ccccc1C. The molecule has 100 valence electrons. The molecule has 2 atom stereocenters. The van der Waals surface area contributed by atoms with Crippen LogP contribution in [0, 0.1) is 12.8 Å². The van der Waals surface area contributed by atoms with Gasteiger partial charge in [0.2, 0.25) is 0 Å². The van der Waals surface area contributed by atoms with Gasteiger partial charge < -0.3 is 14.8 Å². The van der Waals surface area contributed by atoms with Gasteiger partial charge in [-0.2, -0.15) is 0 Å². The van der Waals surface area contributed by atoms with Crippen molar-refractivity contribution in [3.63, 3.8) is 0 Å². The first-order valence-corrected chi connectivity index (χ1v) is 6.69. The number of nitrogens with one attached hydrogen (secondary N) is 1. The highest BCUT2D eigenvalue weighted by atomic mass is 16.5. The summed E-state index contributed by atoms with van der Waals surface area (Å²) in [6.07, 6.45) is 1.13. The summed E-state index contributed by atoms with van der Waals surface area (Å²) in [5.41, 5.74) is 2.63. The summed E-state index contributed by atoms with van der Waals surface area (Å²) in [6.45, 7) is 5.42. The molecule has 1 aliphatic rings. The number of hydrogen-bond donors (Lipinski definition) is 1. The van der Waals surface area contributed by atoms with Crippen LogP contribution in [0.5, 0.6) is 0 Å². The molecule has 1 fully saturated rings. The summed E-state index contributed by atoms with van der Waals surface area (Å²) in [6, 6.07) is 8.73. The minimum atomic E-state index is 0.272. The van der Waals surface area contributed by atoms with Gasteiger partial charge in [0.1, 0.15) is 0 Å². The quantitative estimate of drug-likeness (QED) is 0.839. The second kappa shape index (κ2) is 6.88. The number of aryl methyl sites for hydroxylation is 1. The van der Waals surface area contributed by atoms with Crippen molar-refractivity contribution >= 4 is 0 Å². The van der Waals surface area contributed by atoms with E-state index < -0.39 is 0 Å². The van der Waals surface area contributed by atoms with Crippen LogP contribution in [0.4, 0.5) is 0 Å². The van der Waals surface area contributed by atoms with Gasteiger partial charge in [0.15, 0.2) is 0 Å². The van der Waals surface area contributed by atoms with Gasteiger partial charge >= 0.3 is 0 Å².